The summed E-state index contributed by atoms with van der Waals surface area (Å²) in [5.74, 6) is 0.379. The van der Waals surface area contributed by atoms with Crippen molar-refractivity contribution >= 4 is 11.8 Å². The zero-order valence-corrected chi connectivity index (χ0v) is 15.1. The SMILES string of the molecule is Cc1cccc(C2CCCN(C(=O)C3CCCN(CC(N)=O)C3)C2)c1. The molecule has 0 aliphatic carbocycles. The van der Waals surface area contributed by atoms with Crippen LogP contribution in [0.2, 0.25) is 0 Å². The normalized spacial score (nSPS) is 24.9. The van der Waals surface area contributed by atoms with Crippen molar-refractivity contribution in [3.8, 4) is 0 Å². The monoisotopic (exact) mass is 343 g/mol. The fourth-order valence-electron chi connectivity index (χ4n) is 4.25. The van der Waals surface area contributed by atoms with Crippen molar-refractivity contribution in [1.82, 2.24) is 9.80 Å². The summed E-state index contributed by atoms with van der Waals surface area (Å²) in [7, 11) is 0. The van der Waals surface area contributed by atoms with Gasteiger partial charge in [0, 0.05) is 25.6 Å². The van der Waals surface area contributed by atoms with Crippen molar-refractivity contribution in [3.63, 3.8) is 0 Å². The van der Waals surface area contributed by atoms with Gasteiger partial charge < -0.3 is 10.6 Å². The van der Waals surface area contributed by atoms with E-state index in [9.17, 15) is 9.59 Å². The van der Waals surface area contributed by atoms with E-state index < -0.39 is 0 Å². The molecular weight excluding hydrogens is 314 g/mol. The standard InChI is InChI=1S/C20H29N3O2/c1-15-5-2-6-16(11-15)17-7-4-10-23(13-17)20(25)18-8-3-9-22(12-18)14-19(21)24/h2,5-6,11,17-18H,3-4,7-10,12-14H2,1H3,(H2,21,24). The first-order chi connectivity index (χ1) is 12.0. The van der Waals surface area contributed by atoms with Crippen LogP contribution < -0.4 is 5.73 Å². The van der Waals surface area contributed by atoms with Crippen molar-refractivity contribution in [2.24, 2.45) is 11.7 Å². The molecule has 2 atom stereocenters. The second-order valence-corrected chi connectivity index (χ2v) is 7.58. The summed E-state index contributed by atoms with van der Waals surface area (Å²) in [6.45, 7) is 5.56. The number of nitrogens with zero attached hydrogens (tertiary/aromatic N) is 2. The molecular formula is C20H29N3O2. The number of hydrogen-bond acceptors (Lipinski definition) is 3. The van der Waals surface area contributed by atoms with Gasteiger partial charge in [0.1, 0.15) is 0 Å². The highest BCUT2D eigenvalue weighted by Gasteiger charge is 2.32. The fraction of sp³-hybridized carbons (Fsp3) is 0.600. The molecule has 0 aromatic heterocycles. The number of amides is 2. The third kappa shape index (κ3) is 4.60. The second kappa shape index (κ2) is 8.00. The lowest BCUT2D eigenvalue weighted by molar-refractivity contribution is -0.139. The Morgan fingerprint density at radius 1 is 1.16 bits per heavy atom. The van der Waals surface area contributed by atoms with E-state index in [0.717, 1.165) is 45.3 Å². The largest absolute Gasteiger partial charge is 0.369 e. The van der Waals surface area contributed by atoms with E-state index in [1.807, 2.05) is 4.90 Å². The van der Waals surface area contributed by atoms with Gasteiger partial charge in [0.15, 0.2) is 0 Å². The van der Waals surface area contributed by atoms with Gasteiger partial charge in [-0.05, 0) is 44.7 Å². The fourth-order valence-corrected chi connectivity index (χ4v) is 4.25. The molecule has 5 heteroatoms. The number of likely N-dealkylation sites (tertiary alicyclic amines) is 2. The van der Waals surface area contributed by atoms with Crippen LogP contribution in [0, 0.1) is 12.8 Å². The predicted molar refractivity (Wildman–Crippen MR) is 98.1 cm³/mol. The lowest BCUT2D eigenvalue weighted by Gasteiger charge is -2.38. The van der Waals surface area contributed by atoms with Crippen molar-refractivity contribution in [1.29, 1.82) is 0 Å². The van der Waals surface area contributed by atoms with Gasteiger partial charge >= 0.3 is 0 Å². The Balaban J connectivity index is 1.62. The minimum absolute atomic E-state index is 0.00404. The predicted octanol–water partition coefficient (Wildman–Crippen LogP) is 1.90. The third-order valence-corrected chi connectivity index (χ3v) is 5.48. The van der Waals surface area contributed by atoms with Gasteiger partial charge in [-0.2, -0.15) is 0 Å². The molecule has 0 bridgehead atoms. The molecule has 2 amide bonds. The Bertz CT molecular complexity index is 631. The van der Waals surface area contributed by atoms with Gasteiger partial charge in [0.05, 0.1) is 12.5 Å². The number of primary amides is 1. The Morgan fingerprint density at radius 2 is 1.96 bits per heavy atom. The number of aryl methyl sites for hydroxylation is 1. The number of carbonyl (C=O) groups is 2. The number of benzene rings is 1. The van der Waals surface area contributed by atoms with E-state index in [1.165, 1.54) is 11.1 Å². The molecule has 1 aromatic rings. The Labute approximate surface area is 150 Å². The summed E-state index contributed by atoms with van der Waals surface area (Å²) in [6.07, 6.45) is 4.08. The topological polar surface area (TPSA) is 66.6 Å². The molecule has 136 valence electrons. The molecule has 2 fully saturated rings. The van der Waals surface area contributed by atoms with Gasteiger partial charge in [-0.25, -0.2) is 0 Å². The maximum atomic E-state index is 13.0. The maximum Gasteiger partial charge on any atom is 0.231 e. The highest BCUT2D eigenvalue weighted by molar-refractivity contribution is 5.80. The number of hydrogen-bond donors (Lipinski definition) is 1. The zero-order valence-electron chi connectivity index (χ0n) is 15.1. The van der Waals surface area contributed by atoms with Crippen LogP contribution in [0.4, 0.5) is 0 Å². The highest BCUT2D eigenvalue weighted by atomic mass is 16.2. The van der Waals surface area contributed by atoms with Crippen LogP contribution in [-0.4, -0.2) is 54.3 Å². The van der Waals surface area contributed by atoms with Gasteiger partial charge in [-0.15, -0.1) is 0 Å². The smallest absolute Gasteiger partial charge is 0.231 e. The molecule has 2 aliphatic heterocycles. The Hall–Kier alpha value is -1.88. The van der Waals surface area contributed by atoms with E-state index in [-0.39, 0.29) is 24.3 Å². The molecule has 1 aromatic carbocycles. The van der Waals surface area contributed by atoms with E-state index in [1.54, 1.807) is 0 Å². The number of carbonyl (C=O) groups excluding carboxylic acids is 2. The first-order valence-electron chi connectivity index (χ1n) is 9.39. The van der Waals surface area contributed by atoms with Crippen LogP contribution in [0.3, 0.4) is 0 Å². The van der Waals surface area contributed by atoms with Crippen LogP contribution >= 0.6 is 0 Å². The van der Waals surface area contributed by atoms with Gasteiger partial charge in [-0.3, -0.25) is 14.5 Å². The molecule has 0 spiro atoms. The van der Waals surface area contributed by atoms with Crippen molar-refractivity contribution in [2.75, 3.05) is 32.7 Å². The number of nitrogens with two attached hydrogens (primary N) is 1. The molecule has 2 heterocycles. The molecule has 0 radical (unpaired) electrons. The van der Waals surface area contributed by atoms with Crippen LogP contribution in [0.5, 0.6) is 0 Å². The van der Waals surface area contributed by atoms with Crippen molar-refractivity contribution in [3.05, 3.63) is 35.4 Å². The quantitative estimate of drug-likeness (QED) is 0.908. The van der Waals surface area contributed by atoms with Crippen LogP contribution in [0.1, 0.15) is 42.7 Å². The van der Waals surface area contributed by atoms with E-state index >= 15 is 0 Å². The summed E-state index contributed by atoms with van der Waals surface area (Å²) in [5, 5.41) is 0. The summed E-state index contributed by atoms with van der Waals surface area (Å²) in [6, 6.07) is 8.65. The first-order valence-corrected chi connectivity index (χ1v) is 9.39. The first kappa shape index (κ1) is 17.9. The van der Waals surface area contributed by atoms with E-state index in [2.05, 4.69) is 36.1 Å². The van der Waals surface area contributed by atoms with Crippen LogP contribution in [-0.2, 0) is 9.59 Å². The minimum atomic E-state index is -0.314. The third-order valence-electron chi connectivity index (χ3n) is 5.48. The molecule has 0 saturated carbocycles. The zero-order chi connectivity index (χ0) is 17.8. The second-order valence-electron chi connectivity index (χ2n) is 7.58. The summed E-state index contributed by atoms with van der Waals surface area (Å²) in [5.41, 5.74) is 7.92. The van der Waals surface area contributed by atoms with Gasteiger partial charge in [0.2, 0.25) is 11.8 Å². The van der Waals surface area contributed by atoms with Crippen LogP contribution in [0.25, 0.3) is 0 Å². The van der Waals surface area contributed by atoms with Crippen molar-refractivity contribution < 1.29 is 9.59 Å². The van der Waals surface area contributed by atoms with E-state index in [0.29, 0.717) is 12.5 Å². The average Bonchev–Trinajstić information content (AvgIpc) is 2.61. The number of rotatable bonds is 4. The molecule has 5 nitrogen and oxygen atoms in total. The minimum Gasteiger partial charge on any atom is -0.369 e. The lowest BCUT2D eigenvalue weighted by atomic mass is 9.88. The average molecular weight is 343 g/mol. The molecule has 2 unspecified atom stereocenters. The molecule has 2 N–H and O–H groups in total. The highest BCUT2D eigenvalue weighted by Crippen LogP contribution is 2.29. The lowest BCUT2D eigenvalue weighted by Crippen LogP contribution is -2.48. The summed E-state index contributed by atoms with van der Waals surface area (Å²) >= 11 is 0. The van der Waals surface area contributed by atoms with Crippen molar-refractivity contribution in [2.45, 2.75) is 38.5 Å². The summed E-state index contributed by atoms with van der Waals surface area (Å²) < 4.78 is 0. The van der Waals surface area contributed by atoms with Gasteiger partial charge in [-0.1, -0.05) is 29.8 Å². The summed E-state index contributed by atoms with van der Waals surface area (Å²) in [4.78, 5) is 28.2. The number of piperidine rings is 2. The Kier molecular flexibility index (Phi) is 5.74. The Morgan fingerprint density at radius 3 is 2.72 bits per heavy atom. The molecule has 2 saturated heterocycles. The molecule has 25 heavy (non-hydrogen) atoms. The molecule has 2 aliphatic rings. The maximum absolute atomic E-state index is 13.0. The van der Waals surface area contributed by atoms with Gasteiger partial charge in [0.25, 0.3) is 0 Å². The van der Waals surface area contributed by atoms with Crippen LogP contribution in [0.15, 0.2) is 24.3 Å². The van der Waals surface area contributed by atoms with E-state index in [4.69, 9.17) is 5.73 Å². The molecule has 3 rings (SSSR count).